The summed E-state index contributed by atoms with van der Waals surface area (Å²) in [5.41, 5.74) is 2.27. The minimum Gasteiger partial charge on any atom is -0.497 e. The Bertz CT molecular complexity index is 996. The fourth-order valence-corrected chi connectivity index (χ4v) is 5.03. The Morgan fingerprint density at radius 3 is 2.73 bits per heavy atom. The van der Waals surface area contributed by atoms with Gasteiger partial charge in [-0.2, -0.15) is 0 Å². The molecule has 2 aromatic rings. The fourth-order valence-electron chi connectivity index (χ4n) is 3.93. The van der Waals surface area contributed by atoms with Gasteiger partial charge in [0, 0.05) is 23.5 Å². The zero-order valence-corrected chi connectivity index (χ0v) is 18.1. The van der Waals surface area contributed by atoms with E-state index in [1.54, 1.807) is 19.1 Å². The highest BCUT2D eigenvalue weighted by Crippen LogP contribution is 2.42. The van der Waals surface area contributed by atoms with Crippen LogP contribution in [0.1, 0.15) is 48.0 Å². The van der Waals surface area contributed by atoms with E-state index in [2.05, 4.69) is 5.32 Å². The Balaban J connectivity index is 1.55. The van der Waals surface area contributed by atoms with Crippen LogP contribution in [0.3, 0.4) is 0 Å². The van der Waals surface area contributed by atoms with E-state index in [9.17, 15) is 9.59 Å². The average molecular weight is 423 g/mol. The van der Waals surface area contributed by atoms with Crippen molar-refractivity contribution in [1.29, 1.82) is 0 Å². The van der Waals surface area contributed by atoms with Gasteiger partial charge in [0.25, 0.3) is 11.8 Å². The Morgan fingerprint density at radius 1 is 1.17 bits per heavy atom. The normalized spacial score (nSPS) is 18.3. The summed E-state index contributed by atoms with van der Waals surface area (Å²) in [5, 5.41) is 3.15. The maximum absolute atomic E-state index is 12.9. The fraction of sp³-hybridized carbons (Fsp3) is 0.333. The quantitative estimate of drug-likeness (QED) is 0.715. The summed E-state index contributed by atoms with van der Waals surface area (Å²) >= 11 is 1.43. The molecular weight excluding hydrogens is 396 g/mol. The SMILES string of the molecule is COc1cccc(/C=C2\Sc3ccc(C(=O)NC4CCCCC4)cc3N(C)C2=O)c1. The number of ether oxygens (including phenoxy) is 1. The number of thioether (sulfide) groups is 1. The molecular formula is C24H26N2O3S. The number of hydrogen-bond donors (Lipinski definition) is 1. The third-order valence-corrected chi connectivity index (χ3v) is 6.73. The lowest BCUT2D eigenvalue weighted by Gasteiger charge is -2.28. The Hall–Kier alpha value is -2.73. The number of rotatable bonds is 4. The molecule has 0 bridgehead atoms. The molecule has 1 saturated carbocycles. The first-order valence-corrected chi connectivity index (χ1v) is 11.1. The third-order valence-electron chi connectivity index (χ3n) is 5.65. The summed E-state index contributed by atoms with van der Waals surface area (Å²) < 4.78 is 5.27. The maximum atomic E-state index is 12.9. The van der Waals surface area contributed by atoms with Crippen molar-refractivity contribution in [2.45, 2.75) is 43.0 Å². The monoisotopic (exact) mass is 422 g/mol. The van der Waals surface area contributed by atoms with Gasteiger partial charge in [0.15, 0.2) is 0 Å². The molecule has 156 valence electrons. The molecule has 2 aromatic carbocycles. The lowest BCUT2D eigenvalue weighted by molar-refractivity contribution is -0.114. The number of likely N-dealkylation sites (N-methyl/N-ethyl adjacent to an activating group) is 1. The van der Waals surface area contributed by atoms with Gasteiger partial charge < -0.3 is 15.0 Å². The van der Waals surface area contributed by atoms with Crippen LogP contribution in [-0.4, -0.2) is 32.0 Å². The summed E-state index contributed by atoms with van der Waals surface area (Å²) in [4.78, 5) is 28.9. The molecule has 0 saturated heterocycles. The predicted molar refractivity (Wildman–Crippen MR) is 121 cm³/mol. The van der Waals surface area contributed by atoms with Crippen molar-refractivity contribution in [2.75, 3.05) is 19.1 Å². The van der Waals surface area contributed by atoms with E-state index in [0.717, 1.165) is 34.7 Å². The average Bonchev–Trinajstić information content (AvgIpc) is 2.78. The Labute approximate surface area is 181 Å². The molecule has 0 unspecified atom stereocenters. The molecule has 30 heavy (non-hydrogen) atoms. The molecule has 2 amide bonds. The van der Waals surface area contributed by atoms with Crippen molar-refractivity contribution in [3.05, 3.63) is 58.5 Å². The van der Waals surface area contributed by atoms with Gasteiger partial charge in [0.05, 0.1) is 17.7 Å². The van der Waals surface area contributed by atoms with E-state index in [-0.39, 0.29) is 17.9 Å². The van der Waals surface area contributed by atoms with Crippen molar-refractivity contribution >= 4 is 35.3 Å². The summed E-state index contributed by atoms with van der Waals surface area (Å²) in [6.45, 7) is 0. The van der Waals surface area contributed by atoms with E-state index in [4.69, 9.17) is 4.74 Å². The molecule has 1 fully saturated rings. The van der Waals surface area contributed by atoms with Gasteiger partial charge in [-0.05, 0) is 54.8 Å². The van der Waals surface area contributed by atoms with E-state index < -0.39 is 0 Å². The number of hydrogen-bond acceptors (Lipinski definition) is 4. The Kier molecular flexibility index (Phi) is 6.13. The van der Waals surface area contributed by atoms with Gasteiger partial charge in [-0.25, -0.2) is 0 Å². The molecule has 2 aliphatic rings. The van der Waals surface area contributed by atoms with Crippen molar-refractivity contribution < 1.29 is 14.3 Å². The van der Waals surface area contributed by atoms with Crippen LogP contribution >= 0.6 is 11.8 Å². The standard InChI is InChI=1S/C24H26N2O3S/c1-26-20-15-17(23(27)25-18-8-4-3-5-9-18)11-12-21(20)30-22(24(26)28)14-16-7-6-10-19(13-16)29-2/h6-7,10-15,18H,3-5,8-9H2,1-2H3,(H,25,27)/b22-14-. The van der Waals surface area contributed by atoms with Crippen molar-refractivity contribution in [1.82, 2.24) is 5.32 Å². The van der Waals surface area contributed by atoms with Crippen molar-refractivity contribution in [3.63, 3.8) is 0 Å². The van der Waals surface area contributed by atoms with E-state index in [1.807, 2.05) is 48.5 Å². The number of fused-ring (bicyclic) bond motifs is 1. The molecule has 1 aliphatic carbocycles. The van der Waals surface area contributed by atoms with E-state index >= 15 is 0 Å². The lowest BCUT2D eigenvalue weighted by Crippen LogP contribution is -2.36. The van der Waals surface area contributed by atoms with Gasteiger partial charge in [-0.1, -0.05) is 43.2 Å². The van der Waals surface area contributed by atoms with Gasteiger partial charge in [0.1, 0.15) is 5.75 Å². The second-order valence-electron chi connectivity index (χ2n) is 7.74. The first-order valence-electron chi connectivity index (χ1n) is 10.3. The number of carbonyl (C=O) groups excluding carboxylic acids is 2. The van der Waals surface area contributed by atoms with Gasteiger partial charge in [-0.3, -0.25) is 9.59 Å². The van der Waals surface area contributed by atoms with Gasteiger partial charge in [0.2, 0.25) is 0 Å². The van der Waals surface area contributed by atoms with Crippen LogP contribution in [0.25, 0.3) is 6.08 Å². The number of carbonyl (C=O) groups is 2. The van der Waals surface area contributed by atoms with E-state index in [1.165, 1.54) is 31.0 Å². The van der Waals surface area contributed by atoms with Crippen LogP contribution in [-0.2, 0) is 4.79 Å². The summed E-state index contributed by atoms with van der Waals surface area (Å²) in [6, 6.07) is 13.5. The molecule has 0 aromatic heterocycles. The smallest absolute Gasteiger partial charge is 0.264 e. The van der Waals surface area contributed by atoms with Crippen LogP contribution in [0.4, 0.5) is 5.69 Å². The van der Waals surface area contributed by atoms with Crippen molar-refractivity contribution in [2.24, 2.45) is 0 Å². The molecule has 0 atom stereocenters. The van der Waals surface area contributed by atoms with Crippen LogP contribution in [0.5, 0.6) is 5.75 Å². The first-order chi connectivity index (χ1) is 14.5. The number of methoxy groups -OCH3 is 1. The van der Waals surface area contributed by atoms with Gasteiger partial charge in [-0.15, -0.1) is 0 Å². The summed E-state index contributed by atoms with van der Waals surface area (Å²) in [5.74, 6) is 0.605. The maximum Gasteiger partial charge on any atom is 0.264 e. The van der Waals surface area contributed by atoms with Gasteiger partial charge >= 0.3 is 0 Å². The minimum absolute atomic E-state index is 0.0618. The number of amides is 2. The molecule has 0 spiro atoms. The van der Waals surface area contributed by atoms with Crippen LogP contribution in [0.15, 0.2) is 52.3 Å². The second kappa shape index (κ2) is 8.96. The number of benzene rings is 2. The zero-order valence-electron chi connectivity index (χ0n) is 17.3. The zero-order chi connectivity index (χ0) is 21.1. The third kappa shape index (κ3) is 4.38. The molecule has 1 aliphatic heterocycles. The largest absolute Gasteiger partial charge is 0.497 e. The van der Waals surface area contributed by atoms with Crippen LogP contribution in [0.2, 0.25) is 0 Å². The number of nitrogens with zero attached hydrogens (tertiary/aromatic N) is 1. The summed E-state index contributed by atoms with van der Waals surface area (Å²) in [7, 11) is 3.38. The van der Waals surface area contributed by atoms with Crippen molar-refractivity contribution in [3.8, 4) is 5.75 Å². The van der Waals surface area contributed by atoms with E-state index in [0.29, 0.717) is 10.5 Å². The molecule has 4 rings (SSSR count). The highest BCUT2D eigenvalue weighted by atomic mass is 32.2. The molecule has 1 N–H and O–H groups in total. The molecule has 1 heterocycles. The van der Waals surface area contributed by atoms with Crippen LogP contribution < -0.4 is 15.0 Å². The predicted octanol–water partition coefficient (Wildman–Crippen LogP) is 4.87. The van der Waals surface area contributed by atoms with Crippen LogP contribution in [0, 0.1) is 0 Å². The first kappa shape index (κ1) is 20.5. The second-order valence-corrected chi connectivity index (χ2v) is 8.83. The highest BCUT2D eigenvalue weighted by molar-refractivity contribution is 8.04. The minimum atomic E-state index is -0.0832. The number of nitrogens with one attached hydrogen (secondary N) is 1. The highest BCUT2D eigenvalue weighted by Gasteiger charge is 2.27. The Morgan fingerprint density at radius 2 is 1.97 bits per heavy atom. The number of anilines is 1. The lowest BCUT2D eigenvalue weighted by atomic mass is 9.95. The molecule has 6 heteroatoms. The topological polar surface area (TPSA) is 58.6 Å². The molecule has 0 radical (unpaired) electrons. The molecule has 5 nitrogen and oxygen atoms in total. The summed E-state index contributed by atoms with van der Waals surface area (Å²) in [6.07, 6.45) is 7.56.